The smallest absolute Gasteiger partial charge is 0.352 e. The highest BCUT2D eigenvalue weighted by molar-refractivity contribution is 8.00. The second-order valence-corrected chi connectivity index (χ2v) is 8.02. The van der Waals surface area contributed by atoms with Crippen LogP contribution < -0.4 is 11.1 Å². The topological polar surface area (TPSA) is 187 Å². The van der Waals surface area contributed by atoms with Gasteiger partial charge in [0.15, 0.2) is 10.8 Å². The number of aliphatic carboxylic acids is 1. The Morgan fingerprint density at radius 3 is 2.74 bits per heavy atom. The number of rotatable bonds is 5. The number of H-pyrrole nitrogens is 1. The highest BCUT2D eigenvalue weighted by atomic mass is 32.2. The highest BCUT2D eigenvalue weighted by Crippen LogP contribution is 2.40. The highest BCUT2D eigenvalue weighted by Gasteiger charge is 2.54. The number of aromatic amines is 1. The van der Waals surface area contributed by atoms with Crippen LogP contribution in [-0.4, -0.2) is 70.8 Å². The molecule has 31 heavy (non-hydrogen) atoms. The van der Waals surface area contributed by atoms with E-state index in [0.29, 0.717) is 11.3 Å². The second-order valence-electron chi connectivity index (χ2n) is 6.02. The molecule has 4 heterocycles. The molecule has 2 aliphatic rings. The van der Waals surface area contributed by atoms with Gasteiger partial charge in [-0.25, -0.2) is 14.8 Å². The summed E-state index contributed by atoms with van der Waals surface area (Å²) in [6.07, 6.45) is 6.48. The largest absolute Gasteiger partial charge is 0.477 e. The summed E-state index contributed by atoms with van der Waals surface area (Å²) in [5.41, 5.74) is 5.49. The van der Waals surface area contributed by atoms with Crippen molar-refractivity contribution in [3.63, 3.8) is 0 Å². The lowest BCUT2D eigenvalue weighted by atomic mass is 10.0. The molecule has 2 atom stereocenters. The summed E-state index contributed by atoms with van der Waals surface area (Å²) in [6.45, 7) is 3.56. The van der Waals surface area contributed by atoms with Crippen LogP contribution in [0.4, 0.5) is 5.13 Å². The van der Waals surface area contributed by atoms with Gasteiger partial charge in [-0.05, 0) is 5.57 Å². The Balaban J connectivity index is 0.000000478. The summed E-state index contributed by atoms with van der Waals surface area (Å²) in [4.78, 5) is 47.6. The summed E-state index contributed by atoms with van der Waals surface area (Å²) < 4.78 is 0. The van der Waals surface area contributed by atoms with E-state index in [1.165, 1.54) is 23.2 Å². The number of fused-ring (bicyclic) bond motifs is 1. The minimum absolute atomic E-state index is 0.0764. The van der Waals surface area contributed by atoms with Crippen molar-refractivity contribution in [1.29, 1.82) is 0 Å². The number of thiazole rings is 1. The lowest BCUT2D eigenvalue weighted by Crippen LogP contribution is -2.71. The lowest BCUT2D eigenvalue weighted by molar-refractivity contribution is -0.150. The van der Waals surface area contributed by atoms with E-state index < -0.39 is 29.2 Å². The Morgan fingerprint density at radius 1 is 1.48 bits per heavy atom. The van der Waals surface area contributed by atoms with Crippen molar-refractivity contribution in [2.45, 2.75) is 11.4 Å². The number of nitrogen functional groups attached to an aromatic ring is 1. The maximum absolute atomic E-state index is 12.4. The van der Waals surface area contributed by atoms with Crippen LogP contribution >= 0.6 is 23.1 Å². The van der Waals surface area contributed by atoms with E-state index in [-0.39, 0.29) is 22.2 Å². The van der Waals surface area contributed by atoms with E-state index in [1.54, 1.807) is 18.7 Å². The van der Waals surface area contributed by atoms with Crippen molar-refractivity contribution < 1.29 is 24.7 Å². The maximum atomic E-state index is 12.4. The molecule has 0 bridgehead atoms. The number of oxime groups is 1. The molecule has 0 aliphatic carbocycles. The molecule has 14 heteroatoms. The molecule has 2 aliphatic heterocycles. The van der Waals surface area contributed by atoms with Crippen molar-refractivity contribution in [1.82, 2.24) is 25.2 Å². The van der Waals surface area contributed by atoms with Gasteiger partial charge < -0.3 is 26.3 Å². The van der Waals surface area contributed by atoms with Crippen molar-refractivity contribution in [2.75, 3.05) is 11.5 Å². The number of anilines is 1. The number of hydrogen-bond acceptors (Lipinski definition) is 10. The fourth-order valence-corrected chi connectivity index (χ4v) is 4.72. The van der Waals surface area contributed by atoms with E-state index in [2.05, 4.69) is 32.0 Å². The maximum Gasteiger partial charge on any atom is 0.352 e. The molecule has 2 aromatic heterocycles. The van der Waals surface area contributed by atoms with Gasteiger partial charge in [0.1, 0.15) is 22.8 Å². The number of allylic oxidation sites excluding steroid dienone is 1. The summed E-state index contributed by atoms with van der Waals surface area (Å²) in [5, 5.41) is 24.9. The minimum atomic E-state index is -1.24. The van der Waals surface area contributed by atoms with E-state index in [1.807, 2.05) is 0 Å². The normalized spacial score (nSPS) is 20.2. The average molecular weight is 464 g/mol. The molecule has 6 N–H and O–H groups in total. The number of carbonyl (C=O) groups excluding carboxylic acids is 2. The zero-order valence-corrected chi connectivity index (χ0v) is 17.4. The van der Waals surface area contributed by atoms with Crippen LogP contribution in [0, 0.1) is 0 Å². The average Bonchev–Trinajstić information content (AvgIpc) is 3.46. The summed E-state index contributed by atoms with van der Waals surface area (Å²) in [7, 11) is 0. The van der Waals surface area contributed by atoms with Gasteiger partial charge in [-0.2, -0.15) is 0 Å². The third-order valence-electron chi connectivity index (χ3n) is 4.22. The predicted molar refractivity (Wildman–Crippen MR) is 113 cm³/mol. The third kappa shape index (κ3) is 4.44. The molecule has 12 nitrogen and oxygen atoms in total. The predicted octanol–water partition coefficient (Wildman–Crippen LogP) is 0.238. The number of aromatic nitrogens is 3. The van der Waals surface area contributed by atoms with Crippen LogP contribution in [0.2, 0.25) is 0 Å². The molecular weight excluding hydrogens is 446 g/mol. The standard InChI is InChI=1S/C14H13N5O5S2.C3H4N2/c1-2-5-3-25-12-8(11(21)19(12)9(5)13(22)23)17-10(20)7(18-24)6-4-26-14(15)16-6;1-2-5-3-4-1/h2,4,8,12,24H,1,3H2,(H2,15,16)(H,17,20)(H,22,23);1-3H,(H,4,5)/b18-7-;/t8-,12?;/m1./s1. The molecule has 162 valence electrons. The number of carboxylic acid groups (broad SMARTS) is 1. The van der Waals surface area contributed by atoms with Gasteiger partial charge in [0.2, 0.25) is 0 Å². The van der Waals surface area contributed by atoms with E-state index >= 15 is 0 Å². The van der Waals surface area contributed by atoms with Crippen molar-refractivity contribution in [3.8, 4) is 0 Å². The monoisotopic (exact) mass is 463 g/mol. The quantitative estimate of drug-likeness (QED) is 0.179. The number of thioether (sulfide) groups is 1. The van der Waals surface area contributed by atoms with Gasteiger partial charge in [-0.1, -0.05) is 17.8 Å². The first-order valence-electron chi connectivity index (χ1n) is 8.59. The molecule has 2 amide bonds. The molecule has 0 saturated carbocycles. The van der Waals surface area contributed by atoms with Gasteiger partial charge in [-0.15, -0.1) is 23.1 Å². The van der Waals surface area contributed by atoms with Gasteiger partial charge in [0, 0.05) is 23.5 Å². The minimum Gasteiger partial charge on any atom is -0.477 e. The first-order chi connectivity index (χ1) is 14.9. The number of nitrogens with one attached hydrogen (secondary N) is 2. The molecular formula is C17H17N7O5S2. The number of carbonyl (C=O) groups is 3. The number of hydrogen-bond donors (Lipinski definition) is 5. The van der Waals surface area contributed by atoms with Crippen LogP contribution in [0.5, 0.6) is 0 Å². The van der Waals surface area contributed by atoms with E-state index in [0.717, 1.165) is 16.2 Å². The molecule has 0 spiro atoms. The third-order valence-corrected chi connectivity index (χ3v) is 6.19. The van der Waals surface area contributed by atoms with Crippen LogP contribution in [0.15, 0.2) is 53.2 Å². The molecule has 2 aromatic rings. The molecule has 0 aromatic carbocycles. The molecule has 4 rings (SSSR count). The van der Waals surface area contributed by atoms with Crippen molar-refractivity contribution in [2.24, 2.45) is 5.16 Å². The van der Waals surface area contributed by atoms with Crippen LogP contribution in [0.3, 0.4) is 0 Å². The molecule has 1 saturated heterocycles. The Morgan fingerprint density at radius 2 is 2.26 bits per heavy atom. The Bertz CT molecular complexity index is 1050. The summed E-state index contributed by atoms with van der Waals surface area (Å²) in [6, 6.07) is -0.944. The number of amides is 2. The SMILES string of the molecule is C=CC1=C(C(=O)O)N2C(=O)[C@@H](NC(=O)/C(=N\O)c3csc(N)n3)C2SC1.c1c[nH]cn1. The van der Waals surface area contributed by atoms with Gasteiger partial charge in [0.05, 0.1) is 6.33 Å². The number of β-lactam (4-membered cyclic amide) rings is 1. The zero-order chi connectivity index (χ0) is 22.5. The second kappa shape index (κ2) is 9.44. The summed E-state index contributed by atoms with van der Waals surface area (Å²) >= 11 is 2.37. The van der Waals surface area contributed by atoms with Crippen LogP contribution in [-0.2, 0) is 14.4 Å². The summed E-state index contributed by atoms with van der Waals surface area (Å²) in [5.74, 6) is -2.27. The Hall–Kier alpha value is -3.65. The molecule has 1 unspecified atom stereocenters. The fraction of sp³-hybridized carbons (Fsp3) is 0.176. The first-order valence-corrected chi connectivity index (χ1v) is 10.5. The van der Waals surface area contributed by atoms with Gasteiger partial charge >= 0.3 is 5.97 Å². The number of nitrogens with two attached hydrogens (primary N) is 1. The van der Waals surface area contributed by atoms with Crippen LogP contribution in [0.25, 0.3) is 0 Å². The van der Waals surface area contributed by atoms with Crippen LogP contribution in [0.1, 0.15) is 5.69 Å². The van der Waals surface area contributed by atoms with E-state index in [9.17, 15) is 19.5 Å². The first kappa shape index (κ1) is 22.0. The number of carboxylic acids is 1. The van der Waals surface area contributed by atoms with Gasteiger partial charge in [0.25, 0.3) is 11.8 Å². The molecule has 0 radical (unpaired) electrons. The Labute approximate surface area is 183 Å². The number of nitrogens with zero attached hydrogens (tertiary/aromatic N) is 4. The van der Waals surface area contributed by atoms with Crippen molar-refractivity contribution in [3.05, 3.63) is 53.7 Å². The fourth-order valence-electron chi connectivity index (χ4n) is 2.83. The van der Waals surface area contributed by atoms with E-state index in [4.69, 9.17) is 10.9 Å². The number of imidazole rings is 1. The molecule has 1 fully saturated rings. The lowest BCUT2D eigenvalue weighted by Gasteiger charge is -2.49. The zero-order valence-electron chi connectivity index (χ0n) is 15.8. The Kier molecular flexibility index (Phi) is 6.71. The van der Waals surface area contributed by atoms with Crippen molar-refractivity contribution >= 4 is 51.7 Å². The van der Waals surface area contributed by atoms with Gasteiger partial charge in [-0.3, -0.25) is 14.5 Å².